The number of sulfonamides is 1. The van der Waals surface area contributed by atoms with Crippen LogP contribution in [0.1, 0.15) is 25.3 Å². The molecular weight excluding hydrogens is 310 g/mol. The van der Waals surface area contributed by atoms with E-state index >= 15 is 0 Å². The highest BCUT2D eigenvalue weighted by molar-refractivity contribution is 7.89. The van der Waals surface area contributed by atoms with Gasteiger partial charge in [-0.05, 0) is 37.0 Å². The van der Waals surface area contributed by atoms with Gasteiger partial charge in [0.25, 0.3) is 0 Å². The monoisotopic (exact) mass is 327 g/mol. The maximum atomic E-state index is 12.9. The van der Waals surface area contributed by atoms with E-state index in [1.54, 1.807) is 0 Å². The van der Waals surface area contributed by atoms with Crippen molar-refractivity contribution in [2.24, 2.45) is 11.7 Å². The summed E-state index contributed by atoms with van der Waals surface area (Å²) in [4.78, 5) is -0.0366. The lowest BCUT2D eigenvalue weighted by Gasteiger charge is -2.37. The van der Waals surface area contributed by atoms with Crippen molar-refractivity contribution in [3.8, 4) is 6.07 Å². The van der Waals surface area contributed by atoms with Crippen LogP contribution < -0.4 is 5.73 Å². The van der Waals surface area contributed by atoms with E-state index in [0.29, 0.717) is 17.5 Å². The smallest absolute Gasteiger partial charge is 0.244 e. The summed E-state index contributed by atoms with van der Waals surface area (Å²) in [6, 6.07) is 5.96. The molecule has 0 radical (unpaired) electrons. The Bertz CT molecular complexity index is 669. The Morgan fingerprint density at radius 2 is 2.24 bits per heavy atom. The van der Waals surface area contributed by atoms with Crippen LogP contribution in [0.5, 0.6) is 0 Å². The first-order chi connectivity index (χ1) is 9.90. The van der Waals surface area contributed by atoms with E-state index in [1.165, 1.54) is 22.5 Å². The highest BCUT2D eigenvalue weighted by Crippen LogP contribution is 2.30. The van der Waals surface area contributed by atoms with Gasteiger partial charge in [0.05, 0.1) is 5.56 Å². The standard InChI is InChI=1S/C14H18ClN3O2S/c1-10-4-5-18(13(6-10)9-17)21(19,20)14-7-12(15)3-2-11(14)8-16/h2-3,7,10,13H,4-6,9,17H2,1H3. The third kappa shape index (κ3) is 3.22. The van der Waals surface area contributed by atoms with Gasteiger partial charge in [-0.15, -0.1) is 0 Å². The van der Waals surface area contributed by atoms with Crippen molar-refractivity contribution < 1.29 is 8.42 Å². The number of hydrogen-bond acceptors (Lipinski definition) is 4. The Morgan fingerprint density at radius 1 is 1.52 bits per heavy atom. The lowest BCUT2D eigenvalue weighted by molar-refractivity contribution is 0.211. The molecule has 21 heavy (non-hydrogen) atoms. The van der Waals surface area contributed by atoms with Crippen molar-refractivity contribution in [2.45, 2.75) is 30.7 Å². The Kier molecular flexibility index (Phi) is 4.89. The van der Waals surface area contributed by atoms with Gasteiger partial charge >= 0.3 is 0 Å². The summed E-state index contributed by atoms with van der Waals surface area (Å²) >= 11 is 5.90. The quantitative estimate of drug-likeness (QED) is 0.919. The molecule has 0 bridgehead atoms. The Balaban J connectivity index is 2.47. The lowest BCUT2D eigenvalue weighted by Crippen LogP contribution is -2.49. The van der Waals surface area contributed by atoms with E-state index in [9.17, 15) is 8.42 Å². The van der Waals surface area contributed by atoms with Gasteiger partial charge in [0.15, 0.2) is 0 Å². The van der Waals surface area contributed by atoms with Gasteiger partial charge < -0.3 is 5.73 Å². The van der Waals surface area contributed by atoms with Crippen molar-refractivity contribution in [2.75, 3.05) is 13.1 Å². The molecule has 0 amide bonds. The fourth-order valence-electron chi connectivity index (χ4n) is 2.69. The third-order valence-electron chi connectivity index (χ3n) is 3.85. The van der Waals surface area contributed by atoms with E-state index in [4.69, 9.17) is 22.6 Å². The van der Waals surface area contributed by atoms with Crippen LogP contribution in [0.25, 0.3) is 0 Å². The van der Waals surface area contributed by atoms with Crippen molar-refractivity contribution >= 4 is 21.6 Å². The third-order valence-corrected chi connectivity index (χ3v) is 6.07. The summed E-state index contributed by atoms with van der Waals surface area (Å²) in [6.07, 6.45) is 1.52. The van der Waals surface area contributed by atoms with Crippen LogP contribution >= 0.6 is 11.6 Å². The van der Waals surface area contributed by atoms with Crippen molar-refractivity contribution in [3.63, 3.8) is 0 Å². The molecule has 2 rings (SSSR count). The highest BCUT2D eigenvalue weighted by Gasteiger charge is 2.36. The summed E-state index contributed by atoms with van der Waals surface area (Å²) in [5.41, 5.74) is 5.84. The van der Waals surface area contributed by atoms with Gasteiger partial charge in [0.2, 0.25) is 10.0 Å². The summed E-state index contributed by atoms with van der Waals surface area (Å²) in [5, 5.41) is 9.43. The molecule has 1 aliphatic rings. The molecule has 0 aromatic heterocycles. The van der Waals surface area contributed by atoms with Crippen LogP contribution in [-0.4, -0.2) is 31.9 Å². The largest absolute Gasteiger partial charge is 0.329 e. The second-order valence-corrected chi connectivity index (χ2v) is 7.68. The molecule has 0 spiro atoms. The van der Waals surface area contributed by atoms with Gasteiger partial charge in [-0.1, -0.05) is 18.5 Å². The summed E-state index contributed by atoms with van der Waals surface area (Å²) < 4.78 is 27.1. The van der Waals surface area contributed by atoms with Gasteiger partial charge in [0.1, 0.15) is 11.0 Å². The maximum Gasteiger partial charge on any atom is 0.244 e. The molecule has 1 aromatic rings. The average Bonchev–Trinajstić information content (AvgIpc) is 2.46. The molecule has 1 saturated heterocycles. The number of benzene rings is 1. The van der Waals surface area contributed by atoms with Gasteiger partial charge in [-0.3, -0.25) is 0 Å². The number of hydrogen-bond donors (Lipinski definition) is 1. The van der Waals surface area contributed by atoms with E-state index in [2.05, 4.69) is 6.92 Å². The van der Waals surface area contributed by atoms with Gasteiger partial charge in [0, 0.05) is 24.2 Å². The number of rotatable bonds is 3. The van der Waals surface area contributed by atoms with Crippen LogP contribution in [0.4, 0.5) is 0 Å². The predicted octanol–water partition coefficient (Wildman–Crippen LogP) is 1.96. The average molecular weight is 328 g/mol. The van der Waals surface area contributed by atoms with Crippen LogP contribution in [-0.2, 0) is 10.0 Å². The van der Waals surface area contributed by atoms with Crippen LogP contribution in [0, 0.1) is 17.2 Å². The molecular formula is C14H18ClN3O2S. The van der Waals surface area contributed by atoms with Crippen LogP contribution in [0.2, 0.25) is 5.02 Å². The fourth-order valence-corrected chi connectivity index (χ4v) is 4.76. The molecule has 2 N–H and O–H groups in total. The SMILES string of the molecule is CC1CCN(S(=O)(=O)c2cc(Cl)ccc2C#N)C(CN)C1. The summed E-state index contributed by atoms with van der Waals surface area (Å²) in [5.74, 6) is 0.444. The minimum absolute atomic E-state index is 0.0366. The zero-order valence-corrected chi connectivity index (χ0v) is 13.4. The number of nitrogens with zero attached hydrogens (tertiary/aromatic N) is 2. The number of nitriles is 1. The van der Waals surface area contributed by atoms with E-state index < -0.39 is 10.0 Å². The van der Waals surface area contributed by atoms with Crippen molar-refractivity contribution in [1.82, 2.24) is 4.31 Å². The second-order valence-electron chi connectivity index (χ2n) is 5.39. The molecule has 1 heterocycles. The highest BCUT2D eigenvalue weighted by atomic mass is 35.5. The van der Waals surface area contributed by atoms with Gasteiger partial charge in [-0.2, -0.15) is 9.57 Å². The molecule has 2 unspecified atom stereocenters. The van der Waals surface area contributed by atoms with Crippen molar-refractivity contribution in [3.05, 3.63) is 28.8 Å². The lowest BCUT2D eigenvalue weighted by atomic mass is 9.94. The minimum Gasteiger partial charge on any atom is -0.329 e. The molecule has 1 aromatic carbocycles. The minimum atomic E-state index is -3.77. The second kappa shape index (κ2) is 6.32. The summed E-state index contributed by atoms with van der Waals surface area (Å²) in [6.45, 7) is 2.78. The molecule has 1 fully saturated rings. The molecule has 114 valence electrons. The maximum absolute atomic E-state index is 12.9. The molecule has 1 aliphatic heterocycles. The number of nitrogens with two attached hydrogens (primary N) is 1. The van der Waals surface area contributed by atoms with E-state index in [-0.39, 0.29) is 23.0 Å². The van der Waals surface area contributed by atoms with Crippen LogP contribution in [0.15, 0.2) is 23.1 Å². The molecule has 0 aliphatic carbocycles. The topological polar surface area (TPSA) is 87.2 Å². The number of halogens is 1. The predicted molar refractivity (Wildman–Crippen MR) is 81.3 cm³/mol. The first kappa shape index (κ1) is 16.2. The molecule has 2 atom stereocenters. The van der Waals surface area contributed by atoms with Gasteiger partial charge in [-0.25, -0.2) is 8.42 Å². The Labute approximate surface area is 130 Å². The molecule has 7 heteroatoms. The zero-order valence-electron chi connectivity index (χ0n) is 11.8. The van der Waals surface area contributed by atoms with Crippen molar-refractivity contribution in [1.29, 1.82) is 5.26 Å². The summed E-state index contributed by atoms with van der Waals surface area (Å²) in [7, 11) is -3.77. The fraction of sp³-hybridized carbons (Fsp3) is 0.500. The van der Waals surface area contributed by atoms with E-state index in [0.717, 1.165) is 12.8 Å². The van der Waals surface area contributed by atoms with Crippen LogP contribution in [0.3, 0.4) is 0 Å². The Hall–Kier alpha value is -1.13. The first-order valence-electron chi connectivity index (χ1n) is 6.81. The molecule has 5 nitrogen and oxygen atoms in total. The normalized spacial score (nSPS) is 23.7. The number of piperidine rings is 1. The zero-order chi connectivity index (χ0) is 15.6. The van der Waals surface area contributed by atoms with E-state index in [1.807, 2.05) is 6.07 Å². The Morgan fingerprint density at radius 3 is 2.86 bits per heavy atom. The molecule has 0 saturated carbocycles. The first-order valence-corrected chi connectivity index (χ1v) is 8.63.